The van der Waals surface area contributed by atoms with Gasteiger partial charge in [-0.2, -0.15) is 0 Å². The Balaban J connectivity index is 0.881. The normalized spacial score (nSPS) is 11.6. The van der Waals surface area contributed by atoms with Crippen molar-refractivity contribution in [1.82, 2.24) is 26.8 Å². The number of carbonyl (C=O) groups excluding carboxylic acids is 4. The van der Waals surface area contributed by atoms with E-state index in [0.29, 0.717) is 62.0 Å². The number of hydrogen-bond acceptors (Lipinski definition) is 16. The predicted molar refractivity (Wildman–Crippen MR) is 270 cm³/mol. The van der Waals surface area contributed by atoms with E-state index in [2.05, 4.69) is 43.2 Å². The molecule has 5 rings (SSSR count). The number of fused-ring (bicyclic) bond motifs is 2. The summed E-state index contributed by atoms with van der Waals surface area (Å²) in [5.41, 5.74) is 13.1. The van der Waals surface area contributed by atoms with E-state index in [9.17, 15) is 24.3 Å². The van der Waals surface area contributed by atoms with Crippen molar-refractivity contribution in [2.75, 3.05) is 117 Å². The summed E-state index contributed by atoms with van der Waals surface area (Å²) in [5, 5.41) is 22.4. The zero-order valence-corrected chi connectivity index (χ0v) is 41.0. The lowest BCUT2D eigenvalue weighted by Gasteiger charge is -2.19. The van der Waals surface area contributed by atoms with Crippen LogP contribution in [0.1, 0.15) is 40.9 Å². The maximum Gasteiger partial charge on any atom is 0.339 e. The van der Waals surface area contributed by atoms with Gasteiger partial charge in [-0.05, 0) is 86.4 Å². The molecule has 3 amide bonds. The van der Waals surface area contributed by atoms with Crippen LogP contribution in [0, 0.1) is 13.8 Å². The summed E-state index contributed by atoms with van der Waals surface area (Å²) >= 11 is 0. The fourth-order valence-corrected chi connectivity index (χ4v) is 7.09. The quantitative estimate of drug-likeness (QED) is 0.0138. The van der Waals surface area contributed by atoms with Gasteiger partial charge < -0.3 is 64.6 Å². The monoisotopic (exact) mass is 981 g/mol. The molecule has 0 fully saturated rings. The molecule has 0 aromatic heterocycles. The molecule has 19 nitrogen and oxygen atoms in total. The summed E-state index contributed by atoms with van der Waals surface area (Å²) in [5.74, 6) is -1.02. The van der Waals surface area contributed by atoms with Crippen LogP contribution in [-0.2, 0) is 42.8 Å². The first kappa shape index (κ1) is 55.1. The summed E-state index contributed by atoms with van der Waals surface area (Å²) in [6.07, 6.45) is 3.61. The summed E-state index contributed by atoms with van der Waals surface area (Å²) in [6, 6.07) is 22.0. The SMILES string of the molecule is CCN=c1cc2oc3cc(NCC)c(C)cc3c(-c3ccccc3C(=O)OCC(=O)NCCOCCOCCNC(=O)COCC(=O)NCCOCCOCCNN/C=C/c3ccc(O)cc3)c-2cc1C. The molecule has 1 heterocycles. The Kier molecular flexibility index (Phi) is 23.8. The molecule has 0 atom stereocenters. The fraction of sp³-hybridized carbons (Fsp3) is 0.404. The van der Waals surface area contributed by atoms with Crippen LogP contribution in [0.25, 0.3) is 39.5 Å². The van der Waals surface area contributed by atoms with Gasteiger partial charge in [0, 0.05) is 79.8 Å². The Morgan fingerprint density at radius 3 is 1.89 bits per heavy atom. The lowest BCUT2D eigenvalue weighted by molar-refractivity contribution is -0.131. The molecule has 71 heavy (non-hydrogen) atoms. The van der Waals surface area contributed by atoms with Gasteiger partial charge in [0.1, 0.15) is 30.3 Å². The zero-order chi connectivity index (χ0) is 50.6. The second-order valence-electron chi connectivity index (χ2n) is 15.9. The number of hydrogen-bond donors (Lipinski definition) is 7. The molecule has 0 spiro atoms. The van der Waals surface area contributed by atoms with Crippen LogP contribution >= 0.6 is 0 Å². The molecule has 19 heteroatoms. The topological polar surface area (TPSA) is 242 Å². The highest BCUT2D eigenvalue weighted by molar-refractivity contribution is 6.08. The third-order valence-electron chi connectivity index (χ3n) is 10.5. The Morgan fingerprint density at radius 1 is 0.662 bits per heavy atom. The van der Waals surface area contributed by atoms with Crippen molar-refractivity contribution >= 4 is 46.4 Å². The Morgan fingerprint density at radius 2 is 1.27 bits per heavy atom. The molecule has 382 valence electrons. The maximum atomic E-state index is 13.6. The van der Waals surface area contributed by atoms with E-state index in [-0.39, 0.29) is 76.8 Å². The summed E-state index contributed by atoms with van der Waals surface area (Å²) in [4.78, 5) is 55.0. The molecule has 0 saturated carbocycles. The van der Waals surface area contributed by atoms with Gasteiger partial charge in [0.25, 0.3) is 5.91 Å². The van der Waals surface area contributed by atoms with Gasteiger partial charge in [0.15, 0.2) is 6.61 Å². The highest BCUT2D eigenvalue weighted by atomic mass is 16.5. The summed E-state index contributed by atoms with van der Waals surface area (Å²) < 4.78 is 39.1. The van der Waals surface area contributed by atoms with Gasteiger partial charge in [-0.3, -0.25) is 19.4 Å². The van der Waals surface area contributed by atoms with Crippen LogP contribution in [0.5, 0.6) is 5.75 Å². The molecule has 0 radical (unpaired) electrons. The van der Waals surface area contributed by atoms with Gasteiger partial charge >= 0.3 is 5.97 Å². The van der Waals surface area contributed by atoms with Crippen LogP contribution in [0.3, 0.4) is 0 Å². The highest BCUT2D eigenvalue weighted by Crippen LogP contribution is 2.43. The van der Waals surface area contributed by atoms with Crippen molar-refractivity contribution in [3.8, 4) is 28.2 Å². The molecule has 2 aliphatic rings. The Hall–Kier alpha value is -6.87. The third-order valence-corrected chi connectivity index (χ3v) is 10.5. The van der Waals surface area contributed by atoms with Crippen molar-refractivity contribution in [3.63, 3.8) is 0 Å². The number of amides is 3. The number of benzene rings is 4. The van der Waals surface area contributed by atoms with Gasteiger partial charge in [0.2, 0.25) is 11.8 Å². The first-order chi connectivity index (χ1) is 34.6. The van der Waals surface area contributed by atoms with Crippen LogP contribution in [-0.4, -0.2) is 141 Å². The minimum absolute atomic E-state index is 0.192. The molecule has 1 aliphatic heterocycles. The van der Waals surface area contributed by atoms with Crippen LogP contribution in [0.4, 0.5) is 5.69 Å². The molecule has 0 bridgehead atoms. The predicted octanol–water partition coefficient (Wildman–Crippen LogP) is 4.23. The number of rotatable bonds is 32. The number of ether oxygens (including phenoxy) is 6. The number of carbonyl (C=O) groups is 4. The first-order valence-electron chi connectivity index (χ1n) is 23.7. The molecule has 0 saturated heterocycles. The lowest BCUT2D eigenvalue weighted by Crippen LogP contribution is -2.34. The van der Waals surface area contributed by atoms with E-state index in [4.69, 9.17) is 32.8 Å². The number of aryl methyl sites for hydroxylation is 2. The van der Waals surface area contributed by atoms with Gasteiger partial charge in [-0.25, -0.2) is 10.2 Å². The van der Waals surface area contributed by atoms with Gasteiger partial charge in [-0.15, -0.1) is 0 Å². The average molecular weight is 982 g/mol. The number of aromatic hydroxyl groups is 1. The summed E-state index contributed by atoms with van der Waals surface area (Å²) in [7, 11) is 0. The van der Waals surface area contributed by atoms with Crippen LogP contribution in [0.2, 0.25) is 0 Å². The molecular formula is C52H67N7O12. The minimum atomic E-state index is -0.641. The molecule has 0 unspecified atom stereocenters. The minimum Gasteiger partial charge on any atom is -0.508 e. The van der Waals surface area contributed by atoms with Crippen LogP contribution < -0.4 is 37.5 Å². The van der Waals surface area contributed by atoms with E-state index in [1.165, 1.54) is 0 Å². The van der Waals surface area contributed by atoms with Crippen molar-refractivity contribution in [1.29, 1.82) is 0 Å². The average Bonchev–Trinajstić information content (AvgIpc) is 3.36. The largest absolute Gasteiger partial charge is 0.508 e. The lowest BCUT2D eigenvalue weighted by atomic mass is 9.89. The molecule has 3 aromatic rings. The second kappa shape index (κ2) is 30.7. The van der Waals surface area contributed by atoms with E-state index in [1.807, 2.05) is 64.1 Å². The van der Waals surface area contributed by atoms with Crippen molar-refractivity contribution in [3.05, 3.63) is 107 Å². The van der Waals surface area contributed by atoms with Gasteiger partial charge in [-0.1, -0.05) is 30.3 Å². The highest BCUT2D eigenvalue weighted by Gasteiger charge is 2.24. The molecular weight excluding hydrogens is 915 g/mol. The molecule has 1 aliphatic carbocycles. The van der Waals surface area contributed by atoms with Crippen LogP contribution in [0.15, 0.2) is 88.4 Å². The van der Waals surface area contributed by atoms with E-state index >= 15 is 0 Å². The third kappa shape index (κ3) is 18.8. The Bertz CT molecular complexity index is 2550. The molecule has 7 N–H and O–H groups in total. The maximum absolute atomic E-state index is 13.6. The zero-order valence-electron chi connectivity index (χ0n) is 41.0. The van der Waals surface area contributed by atoms with Crippen molar-refractivity contribution < 1.29 is 57.1 Å². The number of esters is 1. The van der Waals surface area contributed by atoms with E-state index in [0.717, 1.165) is 50.8 Å². The van der Waals surface area contributed by atoms with E-state index < -0.39 is 18.5 Å². The molecule has 3 aromatic carbocycles. The summed E-state index contributed by atoms with van der Waals surface area (Å²) in [6.45, 7) is 12.2. The number of phenols is 1. The first-order valence-corrected chi connectivity index (χ1v) is 23.7. The number of hydrazine groups is 1. The standard InChI is InChI=1S/C52H67N7O12/c1-5-53-44-31-46-42(29-36(44)3)51(43-30-37(4)45(54-6-2)32-47(43)71-46)40-9-7-8-10-41(40)52(64)70-35-50(63)57-19-23-67-26-25-65-21-17-55-48(61)33-69-34-49(62)56-18-22-66-27-28-68-24-20-59-58-16-15-38-11-13-39(60)14-12-38/h7-16,29-32,53,58-60H,5-6,17-28,33-35H2,1-4H3,(H,55,61)(H,56,62)(H,57,63)/b16-15+,54-45?. The van der Waals surface area contributed by atoms with E-state index in [1.54, 1.807) is 42.6 Å². The van der Waals surface area contributed by atoms with Crippen molar-refractivity contribution in [2.24, 2.45) is 4.99 Å². The fourth-order valence-electron chi connectivity index (χ4n) is 7.09. The second-order valence-corrected chi connectivity index (χ2v) is 15.9. The smallest absolute Gasteiger partial charge is 0.339 e. The number of nitrogens with zero attached hydrogens (tertiary/aromatic N) is 1. The number of nitrogens with one attached hydrogen (secondary N) is 6. The number of anilines is 1. The Labute approximate surface area is 414 Å². The number of phenolic OH excluding ortho intramolecular Hbond substituents is 1. The van der Waals surface area contributed by atoms with Crippen molar-refractivity contribution in [2.45, 2.75) is 27.7 Å². The van der Waals surface area contributed by atoms with Gasteiger partial charge in [0.05, 0.1) is 63.8 Å².